The van der Waals surface area contributed by atoms with Crippen molar-refractivity contribution in [3.05, 3.63) is 0 Å². The molecule has 0 aromatic heterocycles. The lowest BCUT2D eigenvalue weighted by atomic mass is 10.4. The largest absolute Gasteiger partial charge is 0.479 e. The molecule has 0 bridgehead atoms. The van der Waals surface area contributed by atoms with Gasteiger partial charge in [-0.15, -0.1) is 0 Å². The van der Waals surface area contributed by atoms with E-state index in [0.29, 0.717) is 0 Å². The van der Waals surface area contributed by atoms with Gasteiger partial charge in [0.25, 0.3) is 0 Å². The summed E-state index contributed by atoms with van der Waals surface area (Å²) < 4.78 is 0. The number of hydrogen-bond donors (Lipinski definition) is 6. The zero-order valence-corrected chi connectivity index (χ0v) is 10.1. The predicted octanol–water partition coefficient (Wildman–Crippen LogP) is -1.64. The topological polar surface area (TPSA) is 173 Å². The number of carboxylic acids is 3. The molecule has 0 aliphatic heterocycles. The SMILES string of the molecule is CC(O)C(=O)O.CC(O)C(=O)O.C[C@H](O)C(=O)O. The third-order valence-corrected chi connectivity index (χ3v) is 1.07. The summed E-state index contributed by atoms with van der Waals surface area (Å²) >= 11 is 0. The smallest absolute Gasteiger partial charge is 0.332 e. The average Bonchev–Trinajstić information content (AvgIpc) is 2.18. The van der Waals surface area contributed by atoms with Crippen LogP contribution in [-0.2, 0) is 14.4 Å². The first-order chi connectivity index (χ1) is 7.93. The summed E-state index contributed by atoms with van der Waals surface area (Å²) in [6.07, 6.45) is -3.69. The van der Waals surface area contributed by atoms with Crippen LogP contribution in [0.15, 0.2) is 0 Å². The van der Waals surface area contributed by atoms with Crippen LogP contribution in [0.25, 0.3) is 0 Å². The Hall–Kier alpha value is -1.71. The van der Waals surface area contributed by atoms with Crippen molar-refractivity contribution in [3.8, 4) is 0 Å². The molecule has 0 radical (unpaired) electrons. The highest BCUT2D eigenvalue weighted by Crippen LogP contribution is 1.74. The van der Waals surface area contributed by atoms with Crippen molar-refractivity contribution >= 4 is 17.9 Å². The third-order valence-electron chi connectivity index (χ3n) is 1.07. The molecule has 0 aromatic rings. The van der Waals surface area contributed by atoms with E-state index in [9.17, 15) is 14.4 Å². The van der Waals surface area contributed by atoms with Crippen LogP contribution in [0.2, 0.25) is 0 Å². The van der Waals surface area contributed by atoms with Gasteiger partial charge in [-0.1, -0.05) is 0 Å². The number of aliphatic hydroxyl groups is 3. The molecule has 6 N–H and O–H groups in total. The van der Waals surface area contributed by atoms with E-state index < -0.39 is 36.2 Å². The summed E-state index contributed by atoms with van der Waals surface area (Å²) in [6.45, 7) is 3.59. The van der Waals surface area contributed by atoms with E-state index >= 15 is 0 Å². The van der Waals surface area contributed by atoms with Crippen LogP contribution in [0, 0.1) is 0 Å². The summed E-state index contributed by atoms with van der Waals surface area (Å²) in [5.41, 5.74) is 0. The molecule has 0 aliphatic rings. The molecule has 0 fully saturated rings. The predicted molar refractivity (Wildman–Crippen MR) is 57.9 cm³/mol. The molecule has 108 valence electrons. The minimum Gasteiger partial charge on any atom is -0.479 e. The fourth-order valence-corrected chi connectivity index (χ4v) is 0. The van der Waals surface area contributed by atoms with Crippen molar-refractivity contribution in [3.63, 3.8) is 0 Å². The standard InChI is InChI=1S/3C3H6O3/c3*1-2(4)3(5)6/h3*2,4H,1H3,(H,5,6)/t2-;;/m0../s1. The molecule has 18 heavy (non-hydrogen) atoms. The minimum atomic E-state index is -1.23. The Morgan fingerprint density at radius 1 is 0.611 bits per heavy atom. The van der Waals surface area contributed by atoms with Gasteiger partial charge in [0, 0.05) is 0 Å². The fourth-order valence-electron chi connectivity index (χ4n) is 0. The van der Waals surface area contributed by atoms with E-state index in [4.69, 9.17) is 30.6 Å². The number of rotatable bonds is 3. The number of aliphatic hydroxyl groups excluding tert-OH is 3. The molecule has 0 amide bonds. The van der Waals surface area contributed by atoms with Gasteiger partial charge in [0.1, 0.15) is 18.3 Å². The lowest BCUT2D eigenvalue weighted by Gasteiger charge is -1.89. The van der Waals surface area contributed by atoms with Crippen molar-refractivity contribution < 1.29 is 45.0 Å². The first kappa shape index (κ1) is 21.6. The number of carboxylic acid groups (broad SMARTS) is 3. The Morgan fingerprint density at radius 2 is 0.667 bits per heavy atom. The molecule has 0 spiro atoms. The van der Waals surface area contributed by atoms with E-state index in [1.165, 1.54) is 20.8 Å². The molecule has 0 saturated heterocycles. The Bertz CT molecular complexity index is 214. The Balaban J connectivity index is -0.000000187. The third kappa shape index (κ3) is 23.8. The summed E-state index contributed by atoms with van der Waals surface area (Å²) in [6, 6.07) is 0. The van der Waals surface area contributed by atoms with Gasteiger partial charge in [0.2, 0.25) is 0 Å². The molecule has 9 heteroatoms. The molecule has 0 aromatic carbocycles. The van der Waals surface area contributed by atoms with Gasteiger partial charge in [-0.2, -0.15) is 0 Å². The van der Waals surface area contributed by atoms with E-state index in [1.54, 1.807) is 0 Å². The molecule has 0 aliphatic carbocycles. The average molecular weight is 270 g/mol. The fraction of sp³-hybridized carbons (Fsp3) is 0.667. The van der Waals surface area contributed by atoms with Crippen LogP contribution in [0.4, 0.5) is 0 Å². The number of carbonyl (C=O) groups is 3. The van der Waals surface area contributed by atoms with Gasteiger partial charge in [-0.25, -0.2) is 14.4 Å². The van der Waals surface area contributed by atoms with E-state index in [2.05, 4.69) is 0 Å². The highest BCUT2D eigenvalue weighted by atomic mass is 16.4. The highest BCUT2D eigenvalue weighted by Gasteiger charge is 2.02. The van der Waals surface area contributed by atoms with E-state index in [1.807, 2.05) is 0 Å². The second-order valence-corrected chi connectivity index (χ2v) is 3.04. The van der Waals surface area contributed by atoms with Crippen molar-refractivity contribution in [2.75, 3.05) is 0 Å². The van der Waals surface area contributed by atoms with Crippen LogP contribution < -0.4 is 0 Å². The van der Waals surface area contributed by atoms with Gasteiger partial charge in [0.15, 0.2) is 0 Å². The minimum absolute atomic E-state index is 1.19. The quantitative estimate of drug-likeness (QED) is 0.351. The Morgan fingerprint density at radius 3 is 0.667 bits per heavy atom. The number of hydrogen-bond acceptors (Lipinski definition) is 6. The van der Waals surface area contributed by atoms with Crippen LogP contribution in [0.1, 0.15) is 20.8 Å². The Labute approximate surface area is 103 Å². The second kappa shape index (κ2) is 11.8. The normalized spacial score (nSPS) is 13.7. The van der Waals surface area contributed by atoms with Crippen molar-refractivity contribution in [1.29, 1.82) is 0 Å². The van der Waals surface area contributed by atoms with E-state index in [0.717, 1.165) is 0 Å². The van der Waals surface area contributed by atoms with Crippen LogP contribution in [0.3, 0.4) is 0 Å². The molecule has 3 atom stereocenters. The van der Waals surface area contributed by atoms with Crippen molar-refractivity contribution in [2.24, 2.45) is 0 Å². The lowest BCUT2D eigenvalue weighted by Crippen LogP contribution is -2.13. The molecular weight excluding hydrogens is 252 g/mol. The zero-order chi connectivity index (χ0) is 15.5. The maximum Gasteiger partial charge on any atom is 0.332 e. The van der Waals surface area contributed by atoms with Crippen LogP contribution in [0.5, 0.6) is 0 Å². The lowest BCUT2D eigenvalue weighted by molar-refractivity contribution is -0.146. The maximum absolute atomic E-state index is 9.45. The first-order valence-electron chi connectivity index (χ1n) is 4.66. The van der Waals surface area contributed by atoms with Crippen molar-refractivity contribution in [2.45, 2.75) is 39.1 Å². The molecule has 2 unspecified atom stereocenters. The summed E-state index contributed by atoms with van der Waals surface area (Å²) in [5.74, 6) is -3.56. The molecule has 0 rings (SSSR count). The van der Waals surface area contributed by atoms with Crippen LogP contribution >= 0.6 is 0 Å². The summed E-state index contributed by atoms with van der Waals surface area (Å²) in [5, 5.41) is 47.3. The van der Waals surface area contributed by atoms with Gasteiger partial charge >= 0.3 is 17.9 Å². The highest BCUT2D eigenvalue weighted by molar-refractivity contribution is 5.71. The van der Waals surface area contributed by atoms with Gasteiger partial charge in [0.05, 0.1) is 0 Å². The molecule has 0 saturated carbocycles. The maximum atomic E-state index is 9.45. The van der Waals surface area contributed by atoms with Gasteiger partial charge in [-0.3, -0.25) is 0 Å². The van der Waals surface area contributed by atoms with Gasteiger partial charge in [-0.05, 0) is 20.8 Å². The Kier molecular flexibility index (Phi) is 14.1. The van der Waals surface area contributed by atoms with Crippen LogP contribution in [-0.4, -0.2) is 66.9 Å². The van der Waals surface area contributed by atoms with Crippen molar-refractivity contribution in [1.82, 2.24) is 0 Å². The number of aliphatic carboxylic acids is 3. The van der Waals surface area contributed by atoms with E-state index in [-0.39, 0.29) is 0 Å². The zero-order valence-electron chi connectivity index (χ0n) is 10.1. The summed E-state index contributed by atoms with van der Waals surface area (Å²) in [4.78, 5) is 28.3. The molecule has 0 heterocycles. The second-order valence-electron chi connectivity index (χ2n) is 3.04. The molecule has 9 nitrogen and oxygen atoms in total. The van der Waals surface area contributed by atoms with Gasteiger partial charge < -0.3 is 30.6 Å². The first-order valence-corrected chi connectivity index (χ1v) is 4.66. The monoisotopic (exact) mass is 270 g/mol. The molecular formula is C9H18O9. The summed E-state index contributed by atoms with van der Waals surface area (Å²) in [7, 11) is 0.